The summed E-state index contributed by atoms with van der Waals surface area (Å²) >= 11 is 4.90. The lowest BCUT2D eigenvalue weighted by Gasteiger charge is -1.98. The molecule has 0 saturated carbocycles. The normalized spacial score (nSPS) is 8.89. The Kier molecular flexibility index (Phi) is 1.80. The first kappa shape index (κ1) is 6.23. The van der Waals surface area contributed by atoms with E-state index in [4.69, 9.17) is 12.8 Å². The molecule has 9 heavy (non-hydrogen) atoms. The minimum Gasteiger partial charge on any atom is -0.427 e. The molecule has 0 aliphatic heterocycles. The summed E-state index contributed by atoms with van der Waals surface area (Å²) in [7, 11) is 0. The van der Waals surface area contributed by atoms with Gasteiger partial charge in [-0.3, -0.25) is 0 Å². The molecule has 0 radical (unpaired) electrons. The van der Waals surface area contributed by atoms with E-state index in [0.29, 0.717) is 0 Å². The van der Waals surface area contributed by atoms with Crippen molar-refractivity contribution >= 4 is 18.9 Å². The van der Waals surface area contributed by atoms with Crippen LogP contribution in [0.5, 0.6) is 0 Å². The largest absolute Gasteiger partial charge is 0.427 e. The van der Waals surface area contributed by atoms with Crippen LogP contribution < -0.4 is 3.97 Å². The highest BCUT2D eigenvalue weighted by Gasteiger charge is 1.89. The number of hydrogen-bond acceptors (Lipinski definition) is 1. The highest BCUT2D eigenvalue weighted by Crippen LogP contribution is 1.89. The van der Waals surface area contributed by atoms with Gasteiger partial charge in [-0.2, -0.15) is 0 Å². The number of aromatic nitrogens is 1. The van der Waals surface area contributed by atoms with E-state index in [-0.39, 0.29) is 0 Å². The maximum Gasteiger partial charge on any atom is 0.189 e. The van der Waals surface area contributed by atoms with Crippen molar-refractivity contribution < 1.29 is 3.97 Å². The van der Waals surface area contributed by atoms with Crippen LogP contribution >= 0.6 is 0 Å². The Balaban J connectivity index is 3.15. The lowest BCUT2D eigenvalue weighted by molar-refractivity contribution is -0.495. The van der Waals surface area contributed by atoms with Crippen molar-refractivity contribution in [3.63, 3.8) is 0 Å². The Bertz CT molecular complexity index is 220. The second-order valence-corrected chi connectivity index (χ2v) is 2.05. The number of rotatable bonds is 1. The quantitative estimate of drug-likeness (QED) is 0.411. The Hall–Kier alpha value is -0.890. The fraction of sp³-hybridized carbons (Fsp3) is 0. The van der Waals surface area contributed by atoms with Gasteiger partial charge in [-0.05, 0) is 6.07 Å². The van der Waals surface area contributed by atoms with Crippen LogP contribution in [0, 0.1) is 0 Å². The lowest BCUT2D eigenvalue weighted by atomic mass is 10.3. The Morgan fingerprint density at radius 2 is 2.33 bits per heavy atom. The molecule has 1 nitrogen and oxygen atoms in total. The summed E-state index contributed by atoms with van der Waals surface area (Å²) < 4.78 is 1.60. The maximum absolute atomic E-state index is 4.90. The van der Waals surface area contributed by atoms with Gasteiger partial charge < -0.3 is 16.8 Å². The van der Waals surface area contributed by atoms with Gasteiger partial charge >= 0.3 is 0 Å². The molecule has 0 atom stereocenters. The second-order valence-electron chi connectivity index (χ2n) is 1.66. The van der Waals surface area contributed by atoms with E-state index in [1.165, 1.54) is 0 Å². The minimum absolute atomic E-state index is 0.951. The van der Waals surface area contributed by atoms with E-state index in [1.807, 2.05) is 24.4 Å². The van der Waals surface area contributed by atoms with Crippen LogP contribution in [0.3, 0.4) is 0 Å². The molecule has 0 spiro atoms. The summed E-state index contributed by atoms with van der Waals surface area (Å²) in [5.74, 6) is 0. The van der Waals surface area contributed by atoms with E-state index in [2.05, 4.69) is 6.58 Å². The minimum atomic E-state index is 0.951. The zero-order valence-electron chi connectivity index (χ0n) is 4.95. The van der Waals surface area contributed by atoms with Gasteiger partial charge in [-0.25, -0.2) is 0 Å². The predicted octanol–water partition coefficient (Wildman–Crippen LogP) is 0.927. The highest BCUT2D eigenvalue weighted by atomic mass is 32.1. The van der Waals surface area contributed by atoms with Crippen molar-refractivity contribution in [3.05, 3.63) is 36.7 Å². The molecule has 1 heterocycles. The molecule has 1 aromatic rings. The summed E-state index contributed by atoms with van der Waals surface area (Å²) in [6, 6.07) is 5.74. The smallest absolute Gasteiger partial charge is 0.189 e. The fourth-order valence-corrected chi connectivity index (χ4v) is 0.805. The van der Waals surface area contributed by atoms with Gasteiger partial charge in [0, 0.05) is 18.2 Å². The number of hydrogen-bond donors (Lipinski definition) is 0. The summed E-state index contributed by atoms with van der Waals surface area (Å²) in [5, 5.41) is 0. The summed E-state index contributed by atoms with van der Waals surface area (Å²) in [6.07, 6.45) is 3.54. The van der Waals surface area contributed by atoms with Crippen LogP contribution in [-0.2, 0) is 12.8 Å². The predicted molar refractivity (Wildman–Crippen MR) is 39.5 cm³/mol. The van der Waals surface area contributed by atoms with E-state index < -0.39 is 0 Å². The molecule has 0 aromatic carbocycles. The number of pyridine rings is 1. The lowest BCUT2D eigenvalue weighted by Crippen LogP contribution is -2.28. The second kappa shape index (κ2) is 2.60. The van der Waals surface area contributed by atoms with Crippen LogP contribution in [-0.4, -0.2) is 0 Å². The van der Waals surface area contributed by atoms with Gasteiger partial charge in [0.2, 0.25) is 0 Å². The average molecular weight is 137 g/mol. The van der Waals surface area contributed by atoms with Gasteiger partial charge in [-0.15, -0.1) is 0 Å². The zero-order chi connectivity index (χ0) is 6.69. The molecule has 0 bridgehead atoms. The molecule has 1 rings (SSSR count). The molecule has 0 fully saturated rings. The molecule has 0 unspecified atom stereocenters. The molecule has 0 amide bonds. The van der Waals surface area contributed by atoms with Crippen LogP contribution in [0.15, 0.2) is 31.0 Å². The van der Waals surface area contributed by atoms with Gasteiger partial charge in [0.15, 0.2) is 11.9 Å². The fourth-order valence-electron chi connectivity index (χ4n) is 0.600. The van der Waals surface area contributed by atoms with E-state index in [1.54, 1.807) is 10.0 Å². The summed E-state index contributed by atoms with van der Waals surface area (Å²) in [6.45, 7) is 3.60. The zero-order valence-corrected chi connectivity index (χ0v) is 5.77. The summed E-state index contributed by atoms with van der Waals surface area (Å²) in [4.78, 5) is 0. The monoisotopic (exact) mass is 137 g/mol. The van der Waals surface area contributed by atoms with Crippen molar-refractivity contribution in [2.75, 3.05) is 0 Å². The van der Waals surface area contributed by atoms with Gasteiger partial charge in [-0.1, -0.05) is 6.58 Å². The first-order chi connectivity index (χ1) is 4.34. The first-order valence-electron chi connectivity index (χ1n) is 2.65. The van der Waals surface area contributed by atoms with Crippen molar-refractivity contribution in [2.45, 2.75) is 0 Å². The molecular formula is C7H7NS. The van der Waals surface area contributed by atoms with Crippen molar-refractivity contribution in [1.82, 2.24) is 0 Å². The molecule has 1 aromatic heterocycles. The van der Waals surface area contributed by atoms with Gasteiger partial charge in [0.25, 0.3) is 0 Å². The van der Waals surface area contributed by atoms with Crippen molar-refractivity contribution in [3.8, 4) is 0 Å². The molecule has 0 aliphatic rings. The van der Waals surface area contributed by atoms with E-state index in [0.717, 1.165) is 5.69 Å². The first-order valence-corrected chi connectivity index (χ1v) is 3.02. The molecule has 2 heteroatoms. The Morgan fingerprint density at radius 3 is 2.78 bits per heavy atom. The molecule has 0 aliphatic carbocycles. The molecular weight excluding hydrogens is 130 g/mol. The third kappa shape index (κ3) is 1.27. The van der Waals surface area contributed by atoms with Crippen LogP contribution in [0.2, 0.25) is 0 Å². The van der Waals surface area contributed by atoms with Crippen LogP contribution in [0.4, 0.5) is 0 Å². The number of nitrogens with zero attached hydrogens (tertiary/aromatic N) is 1. The topological polar surface area (TPSA) is 3.88 Å². The van der Waals surface area contributed by atoms with Crippen LogP contribution in [0.1, 0.15) is 5.69 Å². The Labute approximate surface area is 60.2 Å². The molecule has 46 valence electrons. The van der Waals surface area contributed by atoms with Gasteiger partial charge in [0.1, 0.15) is 0 Å². The van der Waals surface area contributed by atoms with Crippen LogP contribution in [0.25, 0.3) is 6.08 Å². The van der Waals surface area contributed by atoms with Crippen molar-refractivity contribution in [2.24, 2.45) is 0 Å². The molecule has 0 N–H and O–H groups in total. The highest BCUT2D eigenvalue weighted by molar-refractivity contribution is 7.51. The standard InChI is InChI=1S/C7H7NS/c1-2-7-5-3-4-6-8(7)9/h2-6H,1H2. The SMILES string of the molecule is C=Cc1cccc[n+]1[S-]. The van der Waals surface area contributed by atoms with E-state index in [9.17, 15) is 0 Å². The maximum atomic E-state index is 4.90. The van der Waals surface area contributed by atoms with E-state index >= 15 is 0 Å². The summed E-state index contributed by atoms with van der Waals surface area (Å²) in [5.41, 5.74) is 0.951. The Morgan fingerprint density at radius 1 is 1.56 bits per heavy atom. The van der Waals surface area contributed by atoms with Crippen molar-refractivity contribution in [1.29, 1.82) is 0 Å². The third-order valence-corrected chi connectivity index (χ3v) is 1.40. The average Bonchev–Trinajstić information content (AvgIpc) is 1.89. The van der Waals surface area contributed by atoms with Gasteiger partial charge in [0.05, 0.1) is 0 Å². The third-order valence-electron chi connectivity index (χ3n) is 1.06. The molecule has 0 saturated heterocycles.